The van der Waals surface area contributed by atoms with E-state index in [2.05, 4.69) is 17.0 Å². The zero-order valence-electron chi connectivity index (χ0n) is 11.6. The summed E-state index contributed by atoms with van der Waals surface area (Å²) in [5, 5.41) is 12.3. The largest absolute Gasteiger partial charge is 0.467 e. The number of carbonyl (C=O) groups is 1. The van der Waals surface area contributed by atoms with Gasteiger partial charge in [0.1, 0.15) is 12.0 Å². The number of hydrogen-bond donors (Lipinski definition) is 2. The molecule has 1 aromatic rings. The van der Waals surface area contributed by atoms with Crippen molar-refractivity contribution >= 4 is 5.97 Å². The third-order valence-corrected chi connectivity index (χ3v) is 3.04. The summed E-state index contributed by atoms with van der Waals surface area (Å²) in [6, 6.07) is 1.68. The lowest BCUT2D eigenvalue weighted by Gasteiger charge is -2.14. The molecule has 1 aromatic heterocycles. The molecular weight excluding hydrogens is 246 g/mol. The fourth-order valence-electron chi connectivity index (χ4n) is 2.04. The molecule has 0 saturated heterocycles. The van der Waals surface area contributed by atoms with Gasteiger partial charge in [-0.1, -0.05) is 13.3 Å². The van der Waals surface area contributed by atoms with E-state index in [1.807, 2.05) is 0 Å². The van der Waals surface area contributed by atoms with E-state index in [1.165, 1.54) is 13.4 Å². The summed E-state index contributed by atoms with van der Waals surface area (Å²) in [4.78, 5) is 11.2. The number of methoxy groups -OCH3 is 1. The van der Waals surface area contributed by atoms with Crippen molar-refractivity contribution in [1.29, 1.82) is 0 Å². The van der Waals surface area contributed by atoms with Gasteiger partial charge in [0.15, 0.2) is 0 Å². The summed E-state index contributed by atoms with van der Waals surface area (Å²) in [6.07, 6.45) is 4.42. The molecule has 0 radical (unpaired) electrons. The van der Waals surface area contributed by atoms with Crippen molar-refractivity contribution in [2.45, 2.75) is 32.7 Å². The van der Waals surface area contributed by atoms with Gasteiger partial charge >= 0.3 is 5.97 Å². The first-order chi connectivity index (χ1) is 9.21. The van der Waals surface area contributed by atoms with E-state index in [4.69, 9.17) is 9.52 Å². The van der Waals surface area contributed by atoms with Crippen molar-refractivity contribution in [1.82, 2.24) is 5.32 Å². The predicted molar refractivity (Wildman–Crippen MR) is 71.9 cm³/mol. The average molecular weight is 269 g/mol. The van der Waals surface area contributed by atoms with Crippen LogP contribution in [0.15, 0.2) is 16.7 Å². The van der Waals surface area contributed by atoms with E-state index in [9.17, 15) is 4.79 Å². The number of aliphatic hydroxyl groups is 1. The van der Waals surface area contributed by atoms with Crippen LogP contribution in [-0.2, 0) is 11.3 Å². The third-order valence-electron chi connectivity index (χ3n) is 3.04. The highest BCUT2D eigenvalue weighted by Gasteiger charge is 2.11. The average Bonchev–Trinajstić information content (AvgIpc) is 2.87. The van der Waals surface area contributed by atoms with Crippen LogP contribution in [0.1, 0.15) is 42.3 Å². The van der Waals surface area contributed by atoms with Crippen LogP contribution < -0.4 is 5.32 Å². The lowest BCUT2D eigenvalue weighted by molar-refractivity contribution is 0.0600. The van der Waals surface area contributed by atoms with Crippen LogP contribution in [0, 0.1) is 5.92 Å². The number of rotatable bonds is 9. The lowest BCUT2D eigenvalue weighted by Crippen LogP contribution is -2.23. The Morgan fingerprint density at radius 1 is 1.53 bits per heavy atom. The number of carbonyl (C=O) groups excluding carboxylic acids is 1. The topological polar surface area (TPSA) is 71.7 Å². The van der Waals surface area contributed by atoms with Gasteiger partial charge in [-0.25, -0.2) is 4.79 Å². The van der Waals surface area contributed by atoms with Crippen LogP contribution in [0.5, 0.6) is 0 Å². The molecule has 19 heavy (non-hydrogen) atoms. The smallest absolute Gasteiger partial charge is 0.341 e. The molecule has 1 unspecified atom stereocenters. The molecule has 0 amide bonds. The van der Waals surface area contributed by atoms with Crippen LogP contribution in [0.3, 0.4) is 0 Å². The van der Waals surface area contributed by atoms with Crippen LogP contribution in [0.2, 0.25) is 0 Å². The zero-order valence-corrected chi connectivity index (χ0v) is 11.6. The van der Waals surface area contributed by atoms with Gasteiger partial charge in [0, 0.05) is 6.61 Å². The SMILES string of the molecule is CCCC(CCO)CNCc1cc(C(=O)OC)co1. The van der Waals surface area contributed by atoms with E-state index in [-0.39, 0.29) is 12.6 Å². The van der Waals surface area contributed by atoms with E-state index >= 15 is 0 Å². The second-order valence-corrected chi connectivity index (χ2v) is 4.59. The van der Waals surface area contributed by atoms with Gasteiger partial charge in [0.2, 0.25) is 0 Å². The molecule has 0 aliphatic carbocycles. The standard InChI is InChI=1S/C14H23NO4/c1-3-4-11(5-6-16)8-15-9-13-7-12(10-19-13)14(17)18-2/h7,10-11,15-16H,3-6,8-9H2,1-2H3. The van der Waals surface area contributed by atoms with E-state index in [1.54, 1.807) is 6.07 Å². The number of ether oxygens (including phenoxy) is 1. The van der Waals surface area contributed by atoms with Crippen molar-refractivity contribution in [2.75, 3.05) is 20.3 Å². The molecule has 0 aliphatic rings. The molecule has 5 heteroatoms. The molecule has 2 N–H and O–H groups in total. The molecule has 1 heterocycles. The lowest BCUT2D eigenvalue weighted by atomic mass is 10.0. The minimum absolute atomic E-state index is 0.222. The summed E-state index contributed by atoms with van der Waals surface area (Å²) in [7, 11) is 1.34. The van der Waals surface area contributed by atoms with Gasteiger partial charge in [-0.2, -0.15) is 0 Å². The Kier molecular flexibility index (Phi) is 7.22. The van der Waals surface area contributed by atoms with Gasteiger partial charge in [-0.05, 0) is 31.4 Å². The van der Waals surface area contributed by atoms with Crippen LogP contribution in [0.25, 0.3) is 0 Å². The number of esters is 1. The quantitative estimate of drug-likeness (QED) is 0.670. The number of furan rings is 1. The fourth-order valence-corrected chi connectivity index (χ4v) is 2.04. The van der Waals surface area contributed by atoms with Crippen molar-refractivity contribution in [3.8, 4) is 0 Å². The van der Waals surface area contributed by atoms with Crippen molar-refractivity contribution in [3.05, 3.63) is 23.7 Å². The summed E-state index contributed by atoms with van der Waals surface area (Å²) in [6.45, 7) is 3.77. The highest BCUT2D eigenvalue weighted by molar-refractivity contribution is 5.88. The number of hydrogen-bond acceptors (Lipinski definition) is 5. The molecule has 1 atom stereocenters. The first-order valence-corrected chi connectivity index (χ1v) is 6.68. The second-order valence-electron chi connectivity index (χ2n) is 4.59. The number of nitrogens with one attached hydrogen (secondary N) is 1. The maximum absolute atomic E-state index is 11.2. The molecule has 0 aromatic carbocycles. The Morgan fingerprint density at radius 3 is 2.95 bits per heavy atom. The zero-order chi connectivity index (χ0) is 14.1. The molecular formula is C14H23NO4. The number of aliphatic hydroxyl groups excluding tert-OH is 1. The van der Waals surface area contributed by atoms with Gasteiger partial charge < -0.3 is 19.6 Å². The summed E-state index contributed by atoms with van der Waals surface area (Å²) < 4.78 is 9.89. The second kappa shape index (κ2) is 8.72. The molecule has 1 rings (SSSR count). The minimum atomic E-state index is -0.390. The molecule has 5 nitrogen and oxygen atoms in total. The normalized spacial score (nSPS) is 12.4. The highest BCUT2D eigenvalue weighted by Crippen LogP contribution is 2.11. The third kappa shape index (κ3) is 5.44. The molecule has 108 valence electrons. The Hall–Kier alpha value is -1.33. The van der Waals surface area contributed by atoms with Crippen molar-refractivity contribution in [3.63, 3.8) is 0 Å². The van der Waals surface area contributed by atoms with E-state index in [0.29, 0.717) is 23.8 Å². The van der Waals surface area contributed by atoms with Crippen molar-refractivity contribution in [2.24, 2.45) is 5.92 Å². The maximum Gasteiger partial charge on any atom is 0.341 e. The predicted octanol–water partition coefficient (Wildman–Crippen LogP) is 1.95. The molecule has 0 spiro atoms. The summed E-state index contributed by atoms with van der Waals surface area (Å²) in [5.74, 6) is 0.795. The first-order valence-electron chi connectivity index (χ1n) is 6.68. The monoisotopic (exact) mass is 269 g/mol. The summed E-state index contributed by atoms with van der Waals surface area (Å²) in [5.41, 5.74) is 0.430. The van der Waals surface area contributed by atoms with Gasteiger partial charge in [0.25, 0.3) is 0 Å². The van der Waals surface area contributed by atoms with Gasteiger partial charge in [-0.15, -0.1) is 0 Å². The molecule has 0 bridgehead atoms. The minimum Gasteiger partial charge on any atom is -0.467 e. The fraction of sp³-hybridized carbons (Fsp3) is 0.643. The first kappa shape index (κ1) is 15.7. The summed E-state index contributed by atoms with van der Waals surface area (Å²) >= 11 is 0. The molecule has 0 aliphatic heterocycles. The van der Waals surface area contributed by atoms with Crippen LogP contribution in [-0.4, -0.2) is 31.3 Å². The van der Waals surface area contributed by atoms with Crippen LogP contribution in [0.4, 0.5) is 0 Å². The Balaban J connectivity index is 2.35. The Labute approximate surface area is 113 Å². The maximum atomic E-state index is 11.2. The van der Waals surface area contributed by atoms with Gasteiger partial charge in [-0.3, -0.25) is 0 Å². The molecule has 0 saturated carbocycles. The highest BCUT2D eigenvalue weighted by atomic mass is 16.5. The van der Waals surface area contributed by atoms with Crippen molar-refractivity contribution < 1.29 is 19.1 Å². The van der Waals surface area contributed by atoms with Gasteiger partial charge in [0.05, 0.1) is 19.2 Å². The van der Waals surface area contributed by atoms with E-state index in [0.717, 1.165) is 25.8 Å². The molecule has 0 fully saturated rings. The Bertz CT molecular complexity index is 369. The van der Waals surface area contributed by atoms with E-state index < -0.39 is 0 Å². The van der Waals surface area contributed by atoms with Crippen LogP contribution >= 0.6 is 0 Å². The Morgan fingerprint density at radius 2 is 2.32 bits per heavy atom.